The largest absolute Gasteiger partial charge is 0.466 e. The van der Waals surface area contributed by atoms with E-state index in [0.29, 0.717) is 13.0 Å². The fourth-order valence-electron chi connectivity index (χ4n) is 1.36. The summed E-state index contributed by atoms with van der Waals surface area (Å²) in [6.07, 6.45) is 11.9. The van der Waals surface area contributed by atoms with Crippen LogP contribution in [0.2, 0.25) is 0 Å². The Hall–Kier alpha value is -0.790. The van der Waals surface area contributed by atoms with Crippen LogP contribution >= 0.6 is 0 Å². The highest BCUT2D eigenvalue weighted by Crippen LogP contribution is 2.03. The monoisotopic (exact) mass is 212 g/mol. The van der Waals surface area contributed by atoms with E-state index in [4.69, 9.17) is 4.74 Å². The van der Waals surface area contributed by atoms with Crippen molar-refractivity contribution in [1.29, 1.82) is 0 Å². The number of rotatable bonds is 9. The van der Waals surface area contributed by atoms with Gasteiger partial charge in [-0.25, -0.2) is 0 Å². The average molecular weight is 212 g/mol. The number of unbranched alkanes of at least 4 members (excludes halogenated alkanes) is 4. The van der Waals surface area contributed by atoms with E-state index in [1.807, 2.05) is 6.92 Å². The molecule has 0 spiro atoms. The van der Waals surface area contributed by atoms with Crippen LogP contribution in [0, 0.1) is 0 Å². The van der Waals surface area contributed by atoms with Crippen LogP contribution in [0.1, 0.15) is 58.8 Å². The first-order chi connectivity index (χ1) is 7.31. The lowest BCUT2D eigenvalue weighted by Gasteiger charge is -1.98. The first-order valence-electron chi connectivity index (χ1n) is 6.11. The van der Waals surface area contributed by atoms with Crippen LogP contribution in [0.5, 0.6) is 0 Å². The van der Waals surface area contributed by atoms with Crippen molar-refractivity contribution in [1.82, 2.24) is 0 Å². The summed E-state index contributed by atoms with van der Waals surface area (Å²) in [6, 6.07) is 0. The SMILES string of the molecule is CCCCCC/C=C/CCC(=O)OCC. The van der Waals surface area contributed by atoms with Crippen LogP contribution in [-0.2, 0) is 9.53 Å². The zero-order chi connectivity index (χ0) is 11.4. The first-order valence-corrected chi connectivity index (χ1v) is 6.11. The Labute approximate surface area is 93.7 Å². The molecule has 0 atom stereocenters. The molecule has 0 aliphatic carbocycles. The fraction of sp³-hybridized carbons (Fsp3) is 0.769. The quantitative estimate of drug-likeness (QED) is 0.329. The van der Waals surface area contributed by atoms with E-state index in [0.717, 1.165) is 12.8 Å². The van der Waals surface area contributed by atoms with Crippen LogP contribution in [0.25, 0.3) is 0 Å². The maximum absolute atomic E-state index is 11.0. The van der Waals surface area contributed by atoms with Crippen molar-refractivity contribution in [3.05, 3.63) is 12.2 Å². The molecule has 0 unspecified atom stereocenters. The Morgan fingerprint density at radius 1 is 1.07 bits per heavy atom. The predicted octanol–water partition coefficient (Wildman–Crippen LogP) is 3.86. The van der Waals surface area contributed by atoms with Crippen molar-refractivity contribution < 1.29 is 9.53 Å². The molecule has 0 heterocycles. The third-order valence-electron chi connectivity index (χ3n) is 2.21. The molecule has 0 amide bonds. The molecule has 0 aromatic carbocycles. The zero-order valence-electron chi connectivity index (χ0n) is 10.1. The Balaban J connectivity index is 3.20. The van der Waals surface area contributed by atoms with Crippen LogP contribution < -0.4 is 0 Å². The Morgan fingerprint density at radius 2 is 1.80 bits per heavy atom. The van der Waals surface area contributed by atoms with Crippen molar-refractivity contribution in [2.45, 2.75) is 58.8 Å². The van der Waals surface area contributed by atoms with Crippen molar-refractivity contribution in [3.8, 4) is 0 Å². The molecule has 0 bridgehead atoms. The molecular formula is C13H24O2. The maximum atomic E-state index is 11.0. The van der Waals surface area contributed by atoms with Gasteiger partial charge in [0, 0.05) is 6.42 Å². The van der Waals surface area contributed by atoms with Gasteiger partial charge in [0.2, 0.25) is 0 Å². The summed E-state index contributed by atoms with van der Waals surface area (Å²) in [7, 11) is 0. The number of allylic oxidation sites excluding steroid dienone is 2. The van der Waals surface area contributed by atoms with Crippen LogP contribution in [0.3, 0.4) is 0 Å². The molecule has 2 nitrogen and oxygen atoms in total. The minimum Gasteiger partial charge on any atom is -0.466 e. The highest BCUT2D eigenvalue weighted by molar-refractivity contribution is 5.69. The van der Waals surface area contributed by atoms with Gasteiger partial charge in [0.1, 0.15) is 0 Å². The van der Waals surface area contributed by atoms with E-state index in [1.54, 1.807) is 0 Å². The van der Waals surface area contributed by atoms with Gasteiger partial charge >= 0.3 is 5.97 Å². The summed E-state index contributed by atoms with van der Waals surface area (Å²) in [5, 5.41) is 0. The third kappa shape index (κ3) is 11.1. The summed E-state index contributed by atoms with van der Waals surface area (Å²) in [4.78, 5) is 11.0. The molecule has 15 heavy (non-hydrogen) atoms. The smallest absolute Gasteiger partial charge is 0.306 e. The number of hydrogen-bond donors (Lipinski definition) is 0. The number of ether oxygens (including phenoxy) is 1. The van der Waals surface area contributed by atoms with E-state index < -0.39 is 0 Å². The van der Waals surface area contributed by atoms with Gasteiger partial charge in [-0.2, -0.15) is 0 Å². The van der Waals surface area contributed by atoms with Gasteiger partial charge in [0.25, 0.3) is 0 Å². The lowest BCUT2D eigenvalue weighted by atomic mass is 10.1. The van der Waals surface area contributed by atoms with Gasteiger partial charge < -0.3 is 4.74 Å². The Bertz CT molecular complexity index is 173. The molecule has 0 aliphatic rings. The standard InChI is InChI=1S/C13H24O2/c1-3-5-6-7-8-9-10-11-12-13(14)15-4-2/h9-10H,3-8,11-12H2,1-2H3/b10-9+. The second-order valence-corrected chi connectivity index (χ2v) is 3.66. The minimum absolute atomic E-state index is 0.0897. The average Bonchev–Trinajstić information content (AvgIpc) is 2.22. The normalized spacial score (nSPS) is 10.8. The van der Waals surface area contributed by atoms with E-state index in [-0.39, 0.29) is 5.97 Å². The molecule has 2 heteroatoms. The third-order valence-corrected chi connectivity index (χ3v) is 2.21. The molecule has 0 fully saturated rings. The van der Waals surface area contributed by atoms with Crippen molar-refractivity contribution in [3.63, 3.8) is 0 Å². The fourth-order valence-corrected chi connectivity index (χ4v) is 1.36. The second-order valence-electron chi connectivity index (χ2n) is 3.66. The van der Waals surface area contributed by atoms with E-state index in [9.17, 15) is 4.79 Å². The molecule has 0 saturated heterocycles. The molecule has 0 radical (unpaired) electrons. The molecule has 0 aliphatic heterocycles. The van der Waals surface area contributed by atoms with Gasteiger partial charge in [-0.05, 0) is 26.2 Å². The Kier molecular flexibility index (Phi) is 10.7. The molecule has 0 rings (SSSR count). The highest BCUT2D eigenvalue weighted by Gasteiger charge is 1.97. The molecule has 88 valence electrons. The van der Waals surface area contributed by atoms with Crippen LogP contribution in [0.15, 0.2) is 12.2 Å². The van der Waals surface area contributed by atoms with E-state index in [2.05, 4.69) is 19.1 Å². The minimum atomic E-state index is -0.0897. The summed E-state index contributed by atoms with van der Waals surface area (Å²) in [6.45, 7) is 4.54. The van der Waals surface area contributed by atoms with Crippen LogP contribution in [0.4, 0.5) is 0 Å². The number of carbonyl (C=O) groups is 1. The van der Waals surface area contributed by atoms with Gasteiger partial charge in [0.05, 0.1) is 6.61 Å². The first kappa shape index (κ1) is 14.2. The van der Waals surface area contributed by atoms with E-state index in [1.165, 1.54) is 25.7 Å². The summed E-state index contributed by atoms with van der Waals surface area (Å²) in [5.41, 5.74) is 0. The highest BCUT2D eigenvalue weighted by atomic mass is 16.5. The Morgan fingerprint density at radius 3 is 2.47 bits per heavy atom. The topological polar surface area (TPSA) is 26.3 Å². The summed E-state index contributed by atoms with van der Waals surface area (Å²) >= 11 is 0. The van der Waals surface area contributed by atoms with Crippen molar-refractivity contribution >= 4 is 5.97 Å². The van der Waals surface area contributed by atoms with E-state index >= 15 is 0 Å². The summed E-state index contributed by atoms with van der Waals surface area (Å²) in [5.74, 6) is -0.0897. The molecule has 0 aromatic rings. The number of carbonyl (C=O) groups excluding carboxylic acids is 1. The van der Waals surface area contributed by atoms with Crippen LogP contribution in [-0.4, -0.2) is 12.6 Å². The van der Waals surface area contributed by atoms with Crippen molar-refractivity contribution in [2.24, 2.45) is 0 Å². The molecular weight excluding hydrogens is 188 g/mol. The molecule has 0 saturated carbocycles. The van der Waals surface area contributed by atoms with Gasteiger partial charge in [-0.1, -0.05) is 38.3 Å². The molecule has 0 N–H and O–H groups in total. The summed E-state index contributed by atoms with van der Waals surface area (Å²) < 4.78 is 4.83. The maximum Gasteiger partial charge on any atom is 0.306 e. The van der Waals surface area contributed by atoms with Gasteiger partial charge in [-0.3, -0.25) is 4.79 Å². The molecule has 0 aromatic heterocycles. The van der Waals surface area contributed by atoms with Crippen molar-refractivity contribution in [2.75, 3.05) is 6.61 Å². The van der Waals surface area contributed by atoms with Gasteiger partial charge in [0.15, 0.2) is 0 Å². The second kappa shape index (κ2) is 11.3. The van der Waals surface area contributed by atoms with Gasteiger partial charge in [-0.15, -0.1) is 0 Å². The predicted molar refractivity (Wildman–Crippen MR) is 63.8 cm³/mol. The number of esters is 1. The zero-order valence-corrected chi connectivity index (χ0v) is 10.1. The lowest BCUT2D eigenvalue weighted by molar-refractivity contribution is -0.142. The lowest BCUT2D eigenvalue weighted by Crippen LogP contribution is -2.02. The number of hydrogen-bond acceptors (Lipinski definition) is 2.